The molecule has 2 aromatic carbocycles. The topological polar surface area (TPSA) is 79.2 Å². The zero-order valence-electron chi connectivity index (χ0n) is 18.6. The highest BCUT2D eigenvalue weighted by Gasteiger charge is 2.44. The molecule has 5 atom stereocenters. The maximum atomic E-state index is 13.2. The summed E-state index contributed by atoms with van der Waals surface area (Å²) >= 11 is 1.65. The van der Waals surface area contributed by atoms with Crippen LogP contribution in [-0.2, 0) is 15.9 Å². The molecule has 7 heteroatoms. The molecule has 0 bridgehead atoms. The van der Waals surface area contributed by atoms with Crippen LogP contribution in [0.2, 0.25) is 0 Å². The lowest BCUT2D eigenvalue weighted by molar-refractivity contribution is -0.234. The first-order valence-corrected chi connectivity index (χ1v) is 11.9. The standard InChI is InChI=1S/C26H29FO5S/c1-3-31-14-21-23(28)24(29)25(30)26(32-21)17-5-4-15(2)18(12-17)13-20-10-11-22(33-20)16-6-8-19(27)9-7-16/h4-12,21,23-26,28-30H,3,13-14H2,1-2H3/t21-,23-,24+,25-,26+/m1/s1. The van der Waals surface area contributed by atoms with E-state index in [1.54, 1.807) is 23.5 Å². The van der Waals surface area contributed by atoms with Crippen LogP contribution in [0.3, 0.4) is 0 Å². The summed E-state index contributed by atoms with van der Waals surface area (Å²) in [4.78, 5) is 2.23. The number of aryl methyl sites for hydroxylation is 1. The monoisotopic (exact) mass is 472 g/mol. The quantitative estimate of drug-likeness (QED) is 0.484. The Morgan fingerprint density at radius 3 is 2.45 bits per heavy atom. The fourth-order valence-corrected chi connectivity index (χ4v) is 5.12. The number of rotatable bonds is 7. The van der Waals surface area contributed by atoms with Crippen molar-refractivity contribution in [3.8, 4) is 10.4 Å². The van der Waals surface area contributed by atoms with Crippen LogP contribution in [0.4, 0.5) is 4.39 Å². The zero-order valence-corrected chi connectivity index (χ0v) is 19.5. The summed E-state index contributed by atoms with van der Waals surface area (Å²) in [7, 11) is 0. The van der Waals surface area contributed by atoms with E-state index < -0.39 is 30.5 Å². The largest absolute Gasteiger partial charge is 0.388 e. The molecule has 0 spiro atoms. The smallest absolute Gasteiger partial charge is 0.123 e. The van der Waals surface area contributed by atoms with Crippen molar-refractivity contribution in [1.29, 1.82) is 0 Å². The minimum absolute atomic E-state index is 0.137. The molecule has 176 valence electrons. The Balaban J connectivity index is 1.55. The Kier molecular flexibility index (Phi) is 7.58. The molecule has 1 fully saturated rings. The van der Waals surface area contributed by atoms with Gasteiger partial charge in [0.15, 0.2) is 0 Å². The molecule has 3 aromatic rings. The molecule has 4 rings (SSSR count). The number of aliphatic hydroxyl groups excluding tert-OH is 3. The third kappa shape index (κ3) is 5.35. The normalized spacial score (nSPS) is 25.3. The fourth-order valence-electron chi connectivity index (χ4n) is 4.09. The average molecular weight is 473 g/mol. The number of benzene rings is 2. The molecule has 0 aliphatic carbocycles. The summed E-state index contributed by atoms with van der Waals surface area (Å²) in [6.45, 7) is 4.47. The van der Waals surface area contributed by atoms with E-state index in [2.05, 4.69) is 6.07 Å². The Morgan fingerprint density at radius 2 is 1.73 bits per heavy atom. The molecular formula is C26H29FO5S. The highest BCUT2D eigenvalue weighted by Crippen LogP contribution is 2.35. The second-order valence-electron chi connectivity index (χ2n) is 8.36. The van der Waals surface area contributed by atoms with Gasteiger partial charge in [-0.15, -0.1) is 11.3 Å². The van der Waals surface area contributed by atoms with Crippen molar-refractivity contribution in [3.63, 3.8) is 0 Å². The number of hydrogen-bond acceptors (Lipinski definition) is 6. The SMILES string of the molecule is CCOC[C@H]1O[C@@H](c2ccc(C)c(Cc3ccc(-c4ccc(F)cc4)s3)c2)[C@H](O)[C@@H](O)[C@@H]1O. The number of thiophene rings is 1. The molecular weight excluding hydrogens is 443 g/mol. The van der Waals surface area contributed by atoms with Gasteiger partial charge in [-0.3, -0.25) is 0 Å². The summed E-state index contributed by atoms with van der Waals surface area (Å²) < 4.78 is 24.6. The molecule has 0 radical (unpaired) electrons. The fraction of sp³-hybridized carbons (Fsp3) is 0.385. The number of hydrogen-bond donors (Lipinski definition) is 3. The Labute approximate surface area is 197 Å². The van der Waals surface area contributed by atoms with E-state index in [0.717, 1.165) is 32.0 Å². The lowest BCUT2D eigenvalue weighted by atomic mass is 9.89. The van der Waals surface area contributed by atoms with Crippen molar-refractivity contribution in [2.24, 2.45) is 0 Å². The van der Waals surface area contributed by atoms with Gasteiger partial charge >= 0.3 is 0 Å². The summed E-state index contributed by atoms with van der Waals surface area (Å²) in [6.07, 6.45) is -4.60. The highest BCUT2D eigenvalue weighted by atomic mass is 32.1. The van der Waals surface area contributed by atoms with Crippen LogP contribution in [0.1, 0.15) is 34.6 Å². The van der Waals surface area contributed by atoms with Gasteiger partial charge in [-0.25, -0.2) is 4.39 Å². The van der Waals surface area contributed by atoms with Crippen LogP contribution in [0.5, 0.6) is 0 Å². The van der Waals surface area contributed by atoms with Crippen LogP contribution in [0, 0.1) is 12.7 Å². The molecule has 1 aliphatic heterocycles. The van der Waals surface area contributed by atoms with Gasteiger partial charge in [0, 0.05) is 22.8 Å². The number of halogens is 1. The Morgan fingerprint density at radius 1 is 0.970 bits per heavy atom. The Hall–Kier alpha value is -2.13. The van der Waals surface area contributed by atoms with Crippen molar-refractivity contribution in [2.45, 2.75) is 50.8 Å². The van der Waals surface area contributed by atoms with Crippen molar-refractivity contribution >= 4 is 11.3 Å². The number of ether oxygens (including phenoxy) is 2. The second-order valence-corrected chi connectivity index (χ2v) is 9.53. The third-order valence-electron chi connectivity index (χ3n) is 6.06. The van der Waals surface area contributed by atoms with Crippen LogP contribution in [0.15, 0.2) is 54.6 Å². The minimum atomic E-state index is -1.32. The van der Waals surface area contributed by atoms with Gasteiger partial charge in [0.05, 0.1) is 6.61 Å². The minimum Gasteiger partial charge on any atom is -0.388 e. The van der Waals surface area contributed by atoms with Crippen LogP contribution in [-0.4, -0.2) is 52.9 Å². The van der Waals surface area contributed by atoms with E-state index in [9.17, 15) is 19.7 Å². The second kappa shape index (κ2) is 10.4. The molecule has 0 unspecified atom stereocenters. The van der Waals surface area contributed by atoms with Gasteiger partial charge in [0.1, 0.15) is 36.3 Å². The molecule has 1 saturated heterocycles. The summed E-state index contributed by atoms with van der Waals surface area (Å²) in [6, 6.07) is 16.4. The van der Waals surface area contributed by atoms with Gasteiger partial charge < -0.3 is 24.8 Å². The van der Waals surface area contributed by atoms with Crippen LogP contribution >= 0.6 is 11.3 Å². The van der Waals surface area contributed by atoms with Gasteiger partial charge in [-0.2, -0.15) is 0 Å². The summed E-state index contributed by atoms with van der Waals surface area (Å²) in [5.41, 5.74) is 3.90. The summed E-state index contributed by atoms with van der Waals surface area (Å²) in [5.74, 6) is -0.253. The van der Waals surface area contributed by atoms with Gasteiger partial charge in [-0.1, -0.05) is 30.3 Å². The van der Waals surface area contributed by atoms with Crippen molar-refractivity contribution < 1.29 is 29.2 Å². The molecule has 5 nitrogen and oxygen atoms in total. The lowest BCUT2D eigenvalue weighted by Gasteiger charge is -2.41. The molecule has 1 aliphatic rings. The van der Waals surface area contributed by atoms with E-state index in [0.29, 0.717) is 13.0 Å². The van der Waals surface area contributed by atoms with Gasteiger partial charge in [0.25, 0.3) is 0 Å². The average Bonchev–Trinajstić information content (AvgIpc) is 3.28. The van der Waals surface area contributed by atoms with Gasteiger partial charge in [0.2, 0.25) is 0 Å². The predicted molar refractivity (Wildman–Crippen MR) is 126 cm³/mol. The first-order valence-electron chi connectivity index (χ1n) is 11.1. The molecule has 3 N–H and O–H groups in total. The number of aliphatic hydroxyl groups is 3. The highest BCUT2D eigenvalue weighted by molar-refractivity contribution is 7.15. The molecule has 33 heavy (non-hydrogen) atoms. The van der Waals surface area contributed by atoms with Crippen LogP contribution in [0.25, 0.3) is 10.4 Å². The molecule has 0 amide bonds. The van der Waals surface area contributed by atoms with Crippen molar-refractivity contribution in [3.05, 3.63) is 82.0 Å². The van der Waals surface area contributed by atoms with E-state index in [1.807, 2.05) is 38.1 Å². The molecule has 0 saturated carbocycles. The van der Waals surface area contributed by atoms with E-state index in [-0.39, 0.29) is 12.4 Å². The van der Waals surface area contributed by atoms with Crippen molar-refractivity contribution in [1.82, 2.24) is 0 Å². The first-order chi connectivity index (χ1) is 15.9. The van der Waals surface area contributed by atoms with E-state index >= 15 is 0 Å². The summed E-state index contributed by atoms with van der Waals surface area (Å²) in [5, 5.41) is 31.3. The molecule has 1 aromatic heterocycles. The van der Waals surface area contributed by atoms with E-state index in [1.165, 1.54) is 12.1 Å². The lowest BCUT2D eigenvalue weighted by Crippen LogP contribution is -2.55. The maximum Gasteiger partial charge on any atom is 0.123 e. The van der Waals surface area contributed by atoms with E-state index in [4.69, 9.17) is 9.47 Å². The van der Waals surface area contributed by atoms with Crippen molar-refractivity contribution in [2.75, 3.05) is 13.2 Å². The maximum absolute atomic E-state index is 13.2. The van der Waals surface area contributed by atoms with Crippen LogP contribution < -0.4 is 0 Å². The first kappa shape index (κ1) is 24.0. The zero-order chi connectivity index (χ0) is 23.5. The third-order valence-corrected chi connectivity index (χ3v) is 7.19. The molecule has 2 heterocycles. The Bertz CT molecular complexity index is 1070. The van der Waals surface area contributed by atoms with Gasteiger partial charge in [-0.05, 0) is 60.4 Å². The predicted octanol–water partition coefficient (Wildman–Crippen LogP) is 4.01.